The predicted octanol–water partition coefficient (Wildman–Crippen LogP) is 2.59. The number of likely N-dealkylation sites (N-methyl/N-ethyl adjacent to an activating group) is 1. The number of halogens is 1. The van der Waals surface area contributed by atoms with E-state index in [4.69, 9.17) is 13.9 Å². The van der Waals surface area contributed by atoms with Crippen molar-refractivity contribution in [2.75, 3.05) is 26.3 Å². The molecule has 0 saturated heterocycles. The van der Waals surface area contributed by atoms with Crippen molar-refractivity contribution in [2.45, 2.75) is 13.5 Å². The van der Waals surface area contributed by atoms with E-state index in [1.54, 1.807) is 11.0 Å². The highest BCUT2D eigenvalue weighted by molar-refractivity contribution is 9.10. The molecule has 0 spiro atoms. The van der Waals surface area contributed by atoms with Crippen molar-refractivity contribution in [3.63, 3.8) is 0 Å². The number of carbonyl (C=O) groups is 2. The summed E-state index contributed by atoms with van der Waals surface area (Å²) < 4.78 is 16.7. The SMILES string of the molecule is CCN(Cc1ccc2c(c1)OCCO2)C(=O)CNC(=O)c1ccc(Br)o1. The van der Waals surface area contributed by atoms with Gasteiger partial charge >= 0.3 is 0 Å². The quantitative estimate of drug-likeness (QED) is 0.773. The van der Waals surface area contributed by atoms with Crippen molar-refractivity contribution in [3.05, 3.63) is 46.3 Å². The summed E-state index contributed by atoms with van der Waals surface area (Å²) in [6, 6.07) is 8.79. The van der Waals surface area contributed by atoms with Crippen molar-refractivity contribution in [1.29, 1.82) is 0 Å². The van der Waals surface area contributed by atoms with Gasteiger partial charge in [0.05, 0.1) is 6.54 Å². The van der Waals surface area contributed by atoms with Crippen LogP contribution in [0.5, 0.6) is 11.5 Å². The summed E-state index contributed by atoms with van der Waals surface area (Å²) in [6.45, 7) is 3.79. The van der Waals surface area contributed by atoms with E-state index < -0.39 is 5.91 Å². The Morgan fingerprint density at radius 2 is 1.92 bits per heavy atom. The Hall–Kier alpha value is -2.48. The van der Waals surface area contributed by atoms with Crippen molar-refractivity contribution in [3.8, 4) is 11.5 Å². The van der Waals surface area contributed by atoms with Gasteiger partial charge in [0, 0.05) is 13.1 Å². The molecule has 26 heavy (non-hydrogen) atoms. The molecule has 7 nitrogen and oxygen atoms in total. The zero-order valence-electron chi connectivity index (χ0n) is 14.3. The molecule has 0 unspecified atom stereocenters. The van der Waals surface area contributed by atoms with Gasteiger partial charge in [-0.25, -0.2) is 0 Å². The van der Waals surface area contributed by atoms with Gasteiger partial charge in [-0.3, -0.25) is 9.59 Å². The van der Waals surface area contributed by atoms with Crippen molar-refractivity contribution >= 4 is 27.7 Å². The average molecular weight is 423 g/mol. The van der Waals surface area contributed by atoms with Crippen LogP contribution >= 0.6 is 15.9 Å². The highest BCUT2D eigenvalue weighted by Gasteiger charge is 2.17. The number of carbonyl (C=O) groups excluding carboxylic acids is 2. The van der Waals surface area contributed by atoms with Gasteiger partial charge in [-0.2, -0.15) is 0 Å². The van der Waals surface area contributed by atoms with Crippen LogP contribution in [-0.4, -0.2) is 43.0 Å². The van der Waals surface area contributed by atoms with Crippen LogP contribution in [0, 0.1) is 0 Å². The number of nitrogens with one attached hydrogen (secondary N) is 1. The van der Waals surface area contributed by atoms with Crippen molar-refractivity contribution in [1.82, 2.24) is 10.2 Å². The Labute approximate surface area is 159 Å². The molecule has 0 bridgehead atoms. The monoisotopic (exact) mass is 422 g/mol. The van der Waals surface area contributed by atoms with Crippen LogP contribution in [-0.2, 0) is 11.3 Å². The van der Waals surface area contributed by atoms with Crippen LogP contribution in [0.4, 0.5) is 0 Å². The Morgan fingerprint density at radius 3 is 2.62 bits per heavy atom. The van der Waals surface area contributed by atoms with E-state index in [2.05, 4.69) is 21.2 Å². The lowest BCUT2D eigenvalue weighted by molar-refractivity contribution is -0.130. The maximum absolute atomic E-state index is 12.4. The molecular formula is C18H19BrN2O5. The zero-order valence-corrected chi connectivity index (χ0v) is 15.9. The molecule has 0 saturated carbocycles. The Morgan fingerprint density at radius 1 is 1.15 bits per heavy atom. The summed E-state index contributed by atoms with van der Waals surface area (Å²) in [5, 5.41) is 2.57. The predicted molar refractivity (Wildman–Crippen MR) is 97.3 cm³/mol. The number of benzene rings is 1. The van der Waals surface area contributed by atoms with E-state index in [1.807, 2.05) is 25.1 Å². The number of amides is 2. The summed E-state index contributed by atoms with van der Waals surface area (Å²) >= 11 is 3.14. The average Bonchev–Trinajstić information content (AvgIpc) is 3.10. The number of nitrogens with zero attached hydrogens (tertiary/aromatic N) is 1. The molecule has 1 aliphatic heterocycles. The highest BCUT2D eigenvalue weighted by atomic mass is 79.9. The molecule has 1 aliphatic rings. The summed E-state index contributed by atoms with van der Waals surface area (Å²) in [4.78, 5) is 26.0. The fraction of sp³-hybridized carbons (Fsp3) is 0.333. The first-order valence-electron chi connectivity index (χ1n) is 8.26. The molecule has 0 radical (unpaired) electrons. The maximum Gasteiger partial charge on any atom is 0.287 e. The lowest BCUT2D eigenvalue weighted by atomic mass is 10.1. The molecule has 0 fully saturated rings. The summed E-state index contributed by atoms with van der Waals surface area (Å²) in [6.07, 6.45) is 0. The molecule has 0 atom stereocenters. The third-order valence-corrected chi connectivity index (χ3v) is 4.34. The van der Waals surface area contributed by atoms with Crippen LogP contribution < -0.4 is 14.8 Å². The van der Waals surface area contributed by atoms with Crippen LogP contribution in [0.15, 0.2) is 39.4 Å². The van der Waals surface area contributed by atoms with Gasteiger partial charge in [-0.15, -0.1) is 0 Å². The number of hydrogen-bond acceptors (Lipinski definition) is 5. The molecule has 2 aromatic rings. The van der Waals surface area contributed by atoms with Gasteiger partial charge in [-0.05, 0) is 52.7 Å². The number of hydrogen-bond donors (Lipinski definition) is 1. The van der Waals surface area contributed by atoms with Crippen LogP contribution in [0.25, 0.3) is 0 Å². The molecule has 2 heterocycles. The normalized spacial score (nSPS) is 12.5. The van der Waals surface area contributed by atoms with E-state index in [1.165, 1.54) is 6.07 Å². The van der Waals surface area contributed by atoms with Gasteiger partial charge in [0.15, 0.2) is 21.9 Å². The second kappa shape index (κ2) is 8.27. The third-order valence-electron chi connectivity index (χ3n) is 3.91. The number of furan rings is 1. The third kappa shape index (κ3) is 4.37. The lowest BCUT2D eigenvalue weighted by Gasteiger charge is -2.23. The molecule has 8 heteroatoms. The smallest absolute Gasteiger partial charge is 0.287 e. The Bertz CT molecular complexity index is 805. The van der Waals surface area contributed by atoms with E-state index in [0.29, 0.717) is 42.5 Å². The first-order valence-corrected chi connectivity index (χ1v) is 9.06. The van der Waals surface area contributed by atoms with Crippen molar-refractivity contribution in [2.24, 2.45) is 0 Å². The van der Waals surface area contributed by atoms with Gasteiger partial charge < -0.3 is 24.1 Å². The van der Waals surface area contributed by atoms with Gasteiger partial charge in [0.2, 0.25) is 5.91 Å². The molecule has 2 amide bonds. The van der Waals surface area contributed by atoms with E-state index in [9.17, 15) is 9.59 Å². The zero-order chi connectivity index (χ0) is 18.5. The van der Waals surface area contributed by atoms with Gasteiger partial charge in [-0.1, -0.05) is 6.07 Å². The van der Waals surface area contributed by atoms with Gasteiger partial charge in [0.1, 0.15) is 13.2 Å². The van der Waals surface area contributed by atoms with Gasteiger partial charge in [0.25, 0.3) is 5.91 Å². The summed E-state index contributed by atoms with van der Waals surface area (Å²) in [5.41, 5.74) is 0.936. The molecule has 1 N–H and O–H groups in total. The number of ether oxygens (including phenoxy) is 2. The molecule has 1 aromatic heterocycles. The standard InChI is InChI=1S/C18H19BrN2O5/c1-2-21(11-12-3-4-13-15(9-12)25-8-7-24-13)17(22)10-20-18(23)14-5-6-16(19)26-14/h3-6,9H,2,7-8,10-11H2,1H3,(H,20,23). The Kier molecular flexibility index (Phi) is 5.82. The molecule has 0 aliphatic carbocycles. The second-order valence-electron chi connectivity index (χ2n) is 5.67. The minimum Gasteiger partial charge on any atom is -0.486 e. The fourth-order valence-electron chi connectivity index (χ4n) is 2.57. The Balaban J connectivity index is 1.57. The van der Waals surface area contributed by atoms with E-state index >= 15 is 0 Å². The molecular weight excluding hydrogens is 404 g/mol. The summed E-state index contributed by atoms with van der Waals surface area (Å²) in [5.74, 6) is 0.945. The lowest BCUT2D eigenvalue weighted by Crippen LogP contribution is -2.39. The molecule has 1 aromatic carbocycles. The number of rotatable bonds is 6. The highest BCUT2D eigenvalue weighted by Crippen LogP contribution is 2.31. The summed E-state index contributed by atoms with van der Waals surface area (Å²) in [7, 11) is 0. The van der Waals surface area contributed by atoms with E-state index in [-0.39, 0.29) is 18.2 Å². The molecule has 138 valence electrons. The largest absolute Gasteiger partial charge is 0.486 e. The van der Waals surface area contributed by atoms with E-state index in [0.717, 1.165) is 5.56 Å². The van der Waals surface area contributed by atoms with Crippen molar-refractivity contribution < 1.29 is 23.5 Å². The van der Waals surface area contributed by atoms with Crippen LogP contribution in [0.1, 0.15) is 23.0 Å². The maximum atomic E-state index is 12.4. The topological polar surface area (TPSA) is 81.0 Å². The second-order valence-corrected chi connectivity index (χ2v) is 6.45. The number of fused-ring (bicyclic) bond motifs is 1. The molecule has 3 rings (SSSR count). The first kappa shape index (κ1) is 18.3. The first-order chi connectivity index (χ1) is 12.6. The fourth-order valence-corrected chi connectivity index (χ4v) is 2.88. The van der Waals surface area contributed by atoms with Crippen LogP contribution in [0.3, 0.4) is 0 Å². The minimum atomic E-state index is -0.431. The van der Waals surface area contributed by atoms with Crippen LogP contribution in [0.2, 0.25) is 0 Å². The minimum absolute atomic E-state index is 0.102.